The molecule has 0 saturated carbocycles. The van der Waals surface area contributed by atoms with Crippen LogP contribution in [0.3, 0.4) is 0 Å². The highest BCUT2D eigenvalue weighted by Gasteiger charge is 2.18. The van der Waals surface area contributed by atoms with E-state index in [1.54, 1.807) is 18.2 Å². The van der Waals surface area contributed by atoms with Crippen molar-refractivity contribution in [2.24, 2.45) is 0 Å². The number of nitrogens with zero attached hydrogens (tertiary/aromatic N) is 2. The van der Waals surface area contributed by atoms with Gasteiger partial charge in [0.15, 0.2) is 0 Å². The van der Waals surface area contributed by atoms with Gasteiger partial charge in [-0.25, -0.2) is 0 Å². The number of anilines is 2. The maximum atomic E-state index is 12.8. The minimum atomic E-state index is -0.461. The molecule has 2 aromatic carbocycles. The number of morpholine rings is 1. The van der Waals surface area contributed by atoms with E-state index in [-0.39, 0.29) is 5.57 Å². The quantitative estimate of drug-likeness (QED) is 0.617. The molecular formula is C22H22ClN3O2. The van der Waals surface area contributed by atoms with Crippen molar-refractivity contribution in [2.45, 2.75) is 13.8 Å². The number of nitriles is 1. The molecule has 1 fully saturated rings. The largest absolute Gasteiger partial charge is 0.378 e. The third kappa shape index (κ3) is 4.72. The third-order valence-electron chi connectivity index (χ3n) is 4.77. The number of rotatable bonds is 4. The first-order valence-electron chi connectivity index (χ1n) is 9.10. The Morgan fingerprint density at radius 2 is 1.93 bits per heavy atom. The number of hydrogen-bond acceptors (Lipinski definition) is 4. The second-order valence-electron chi connectivity index (χ2n) is 6.73. The van der Waals surface area contributed by atoms with Crippen LogP contribution in [0.1, 0.15) is 16.7 Å². The highest BCUT2D eigenvalue weighted by molar-refractivity contribution is 6.31. The van der Waals surface area contributed by atoms with Crippen molar-refractivity contribution < 1.29 is 9.53 Å². The molecule has 0 spiro atoms. The molecule has 144 valence electrons. The molecule has 0 atom stereocenters. The van der Waals surface area contributed by atoms with Crippen LogP contribution in [0, 0.1) is 25.2 Å². The summed E-state index contributed by atoms with van der Waals surface area (Å²) in [5, 5.41) is 12.9. The van der Waals surface area contributed by atoms with Crippen molar-refractivity contribution in [3.8, 4) is 6.07 Å². The summed E-state index contributed by atoms with van der Waals surface area (Å²) in [6.07, 6.45) is 1.60. The summed E-state index contributed by atoms with van der Waals surface area (Å²) < 4.78 is 5.40. The zero-order valence-electron chi connectivity index (χ0n) is 16.0. The standard InChI is InChI=1S/C22H22ClN3O2/c1-15-3-4-17(11-16(15)2)12-18(14-24)22(27)25-20-13-19(23)5-6-21(20)26-7-9-28-10-8-26/h3-6,11-13H,7-10H2,1-2H3,(H,25,27)/b18-12+. The Labute approximate surface area is 170 Å². The minimum absolute atomic E-state index is 0.0381. The lowest BCUT2D eigenvalue weighted by Gasteiger charge is -2.30. The molecular weight excluding hydrogens is 374 g/mol. The van der Waals surface area contributed by atoms with Crippen molar-refractivity contribution in [3.63, 3.8) is 0 Å². The zero-order chi connectivity index (χ0) is 20.1. The van der Waals surface area contributed by atoms with Crippen molar-refractivity contribution in [2.75, 3.05) is 36.5 Å². The summed E-state index contributed by atoms with van der Waals surface area (Å²) in [4.78, 5) is 14.9. The van der Waals surface area contributed by atoms with Crippen LogP contribution < -0.4 is 10.2 Å². The van der Waals surface area contributed by atoms with E-state index in [0.717, 1.165) is 35.5 Å². The smallest absolute Gasteiger partial charge is 0.266 e. The number of benzene rings is 2. The summed E-state index contributed by atoms with van der Waals surface area (Å²) in [6.45, 7) is 6.74. The van der Waals surface area contributed by atoms with E-state index in [4.69, 9.17) is 16.3 Å². The maximum Gasteiger partial charge on any atom is 0.266 e. The van der Waals surface area contributed by atoms with Gasteiger partial charge < -0.3 is 15.0 Å². The monoisotopic (exact) mass is 395 g/mol. The fraction of sp³-hybridized carbons (Fsp3) is 0.273. The molecule has 0 bridgehead atoms. The predicted octanol–water partition coefficient (Wildman–Crippen LogP) is 4.34. The highest BCUT2D eigenvalue weighted by Crippen LogP contribution is 2.30. The lowest BCUT2D eigenvalue weighted by Crippen LogP contribution is -2.36. The second kappa shape index (κ2) is 8.92. The average Bonchev–Trinajstić information content (AvgIpc) is 2.69. The number of ether oxygens (including phenoxy) is 1. The van der Waals surface area contributed by atoms with Gasteiger partial charge in [-0.15, -0.1) is 0 Å². The van der Waals surface area contributed by atoms with E-state index in [9.17, 15) is 10.1 Å². The van der Waals surface area contributed by atoms with Gasteiger partial charge in [-0.1, -0.05) is 29.8 Å². The van der Waals surface area contributed by atoms with Gasteiger partial charge in [-0.3, -0.25) is 4.79 Å². The molecule has 28 heavy (non-hydrogen) atoms. The summed E-state index contributed by atoms with van der Waals surface area (Å²) in [6, 6.07) is 13.2. The Kier molecular flexibility index (Phi) is 6.35. The number of carbonyl (C=O) groups excluding carboxylic acids is 1. The summed E-state index contributed by atoms with van der Waals surface area (Å²) in [5.74, 6) is -0.461. The first kappa shape index (κ1) is 19.9. The van der Waals surface area contributed by atoms with Gasteiger partial charge in [-0.2, -0.15) is 5.26 Å². The summed E-state index contributed by atoms with van der Waals surface area (Å²) >= 11 is 6.14. The van der Waals surface area contributed by atoms with E-state index in [1.807, 2.05) is 44.2 Å². The number of hydrogen-bond donors (Lipinski definition) is 1. The number of amides is 1. The van der Waals surface area contributed by atoms with Crippen LogP contribution in [0.2, 0.25) is 5.02 Å². The molecule has 2 aromatic rings. The zero-order valence-corrected chi connectivity index (χ0v) is 16.7. The number of nitrogens with one attached hydrogen (secondary N) is 1. The molecule has 5 nitrogen and oxygen atoms in total. The molecule has 6 heteroatoms. The Hall–Kier alpha value is -2.81. The van der Waals surface area contributed by atoms with Gasteiger partial charge in [0.1, 0.15) is 11.6 Å². The van der Waals surface area contributed by atoms with E-state index >= 15 is 0 Å². The molecule has 1 heterocycles. The van der Waals surface area contributed by atoms with Gasteiger partial charge in [0.2, 0.25) is 0 Å². The van der Waals surface area contributed by atoms with Crippen LogP contribution in [-0.4, -0.2) is 32.2 Å². The molecule has 1 aliphatic rings. The summed E-state index contributed by atoms with van der Waals surface area (Å²) in [7, 11) is 0. The first-order chi connectivity index (χ1) is 13.5. The molecule has 0 unspecified atom stereocenters. The average molecular weight is 396 g/mol. The first-order valence-corrected chi connectivity index (χ1v) is 9.48. The van der Waals surface area contributed by atoms with Crippen LogP contribution in [0.4, 0.5) is 11.4 Å². The topological polar surface area (TPSA) is 65.4 Å². The number of halogens is 1. The number of carbonyl (C=O) groups is 1. The predicted molar refractivity (Wildman–Crippen MR) is 113 cm³/mol. The van der Waals surface area contributed by atoms with E-state index < -0.39 is 5.91 Å². The van der Waals surface area contributed by atoms with Crippen molar-refractivity contribution in [1.82, 2.24) is 0 Å². The van der Waals surface area contributed by atoms with Crippen LogP contribution in [-0.2, 0) is 9.53 Å². The molecule has 0 aromatic heterocycles. The number of aryl methyl sites for hydroxylation is 2. The molecule has 1 N–H and O–H groups in total. The fourth-order valence-corrected chi connectivity index (χ4v) is 3.22. The molecule has 0 radical (unpaired) electrons. The molecule has 3 rings (SSSR count). The van der Waals surface area contributed by atoms with Crippen LogP contribution in [0.25, 0.3) is 6.08 Å². The lowest BCUT2D eigenvalue weighted by atomic mass is 10.0. The molecule has 1 amide bonds. The third-order valence-corrected chi connectivity index (χ3v) is 5.00. The van der Waals surface area contributed by atoms with Crippen molar-refractivity contribution in [3.05, 3.63) is 63.7 Å². The van der Waals surface area contributed by atoms with Crippen molar-refractivity contribution in [1.29, 1.82) is 5.26 Å². The van der Waals surface area contributed by atoms with Gasteiger partial charge in [-0.05, 0) is 54.8 Å². The molecule has 1 aliphatic heterocycles. The highest BCUT2D eigenvalue weighted by atomic mass is 35.5. The van der Waals surface area contributed by atoms with Crippen LogP contribution in [0.5, 0.6) is 0 Å². The van der Waals surface area contributed by atoms with Gasteiger partial charge in [0, 0.05) is 18.1 Å². The van der Waals surface area contributed by atoms with E-state index in [1.165, 1.54) is 0 Å². The van der Waals surface area contributed by atoms with Gasteiger partial charge in [0.25, 0.3) is 5.91 Å². The molecule has 0 aliphatic carbocycles. The Balaban J connectivity index is 1.86. The van der Waals surface area contributed by atoms with E-state index in [2.05, 4.69) is 10.2 Å². The SMILES string of the molecule is Cc1ccc(/C=C(\C#N)C(=O)Nc2cc(Cl)ccc2N2CCOCC2)cc1C. The van der Waals surface area contributed by atoms with Gasteiger partial charge >= 0.3 is 0 Å². The maximum absolute atomic E-state index is 12.8. The minimum Gasteiger partial charge on any atom is -0.378 e. The Bertz CT molecular complexity index is 957. The van der Waals surface area contributed by atoms with E-state index in [0.29, 0.717) is 23.9 Å². The van der Waals surface area contributed by atoms with Gasteiger partial charge in [0.05, 0.1) is 24.6 Å². The Morgan fingerprint density at radius 3 is 2.61 bits per heavy atom. The van der Waals surface area contributed by atoms with Crippen LogP contribution >= 0.6 is 11.6 Å². The van der Waals surface area contributed by atoms with Crippen molar-refractivity contribution >= 4 is 35.0 Å². The van der Waals surface area contributed by atoms with Crippen LogP contribution in [0.15, 0.2) is 42.0 Å². The normalized spacial score (nSPS) is 14.5. The fourth-order valence-electron chi connectivity index (χ4n) is 3.05. The second-order valence-corrected chi connectivity index (χ2v) is 7.16. The molecule has 1 saturated heterocycles. The Morgan fingerprint density at radius 1 is 1.18 bits per heavy atom. The lowest BCUT2D eigenvalue weighted by molar-refractivity contribution is -0.112. The summed E-state index contributed by atoms with van der Waals surface area (Å²) in [5.41, 5.74) is 4.57.